The van der Waals surface area contributed by atoms with Crippen LogP contribution in [0.3, 0.4) is 0 Å². The minimum Gasteiger partial charge on any atom is -0.497 e. The van der Waals surface area contributed by atoms with Crippen molar-refractivity contribution in [1.82, 2.24) is 9.38 Å². The van der Waals surface area contributed by atoms with Gasteiger partial charge in [0.15, 0.2) is 0 Å². The number of imidazole rings is 1. The SMILES string of the molecule is COc1ccc(OC)c(-c2nc3cc(C)ccn3c2CC(N)=S)c1. The number of nitrogens with zero attached hydrogens (tertiary/aromatic N) is 2. The molecule has 0 unspecified atom stereocenters. The van der Waals surface area contributed by atoms with Crippen molar-refractivity contribution in [3.8, 4) is 22.8 Å². The van der Waals surface area contributed by atoms with Crippen LogP contribution in [0.2, 0.25) is 0 Å². The molecule has 0 aliphatic carbocycles. The summed E-state index contributed by atoms with van der Waals surface area (Å²) < 4.78 is 12.9. The number of benzene rings is 1. The number of methoxy groups -OCH3 is 2. The maximum Gasteiger partial charge on any atom is 0.137 e. The second-order valence-corrected chi connectivity index (χ2v) is 6.07. The molecular weight excluding hydrogens is 322 g/mol. The van der Waals surface area contributed by atoms with Crippen LogP contribution < -0.4 is 15.2 Å². The summed E-state index contributed by atoms with van der Waals surface area (Å²) in [4.78, 5) is 5.21. The Hall–Kier alpha value is -2.60. The third kappa shape index (κ3) is 2.92. The molecule has 0 saturated carbocycles. The standard InChI is InChI=1S/C18H19N3O2S/c1-11-6-7-21-14(10-16(19)24)18(20-17(21)8-11)13-9-12(22-2)4-5-15(13)23-3/h4-9H,10H2,1-3H3,(H2,19,24). The molecule has 5 nitrogen and oxygen atoms in total. The fourth-order valence-electron chi connectivity index (χ4n) is 2.75. The fraction of sp³-hybridized carbons (Fsp3) is 0.222. The summed E-state index contributed by atoms with van der Waals surface area (Å²) in [6.07, 6.45) is 2.44. The van der Waals surface area contributed by atoms with E-state index in [1.54, 1.807) is 14.2 Å². The quantitative estimate of drug-likeness (QED) is 0.722. The molecule has 6 heteroatoms. The first-order chi connectivity index (χ1) is 11.5. The average molecular weight is 341 g/mol. The highest BCUT2D eigenvalue weighted by Gasteiger charge is 2.19. The Morgan fingerprint density at radius 1 is 1.21 bits per heavy atom. The molecule has 0 radical (unpaired) electrons. The summed E-state index contributed by atoms with van der Waals surface area (Å²) in [7, 11) is 3.27. The van der Waals surface area contributed by atoms with Crippen molar-refractivity contribution in [3.63, 3.8) is 0 Å². The van der Waals surface area contributed by atoms with Crippen molar-refractivity contribution in [2.24, 2.45) is 5.73 Å². The van der Waals surface area contributed by atoms with Gasteiger partial charge in [-0.2, -0.15) is 0 Å². The minimum atomic E-state index is 0.417. The van der Waals surface area contributed by atoms with Crippen LogP contribution in [0.15, 0.2) is 36.5 Å². The number of hydrogen-bond acceptors (Lipinski definition) is 4. The minimum absolute atomic E-state index is 0.417. The zero-order valence-electron chi connectivity index (χ0n) is 13.9. The average Bonchev–Trinajstić information content (AvgIpc) is 2.91. The van der Waals surface area contributed by atoms with Gasteiger partial charge in [0.05, 0.1) is 30.6 Å². The third-order valence-corrected chi connectivity index (χ3v) is 4.03. The summed E-state index contributed by atoms with van der Waals surface area (Å²) >= 11 is 5.13. The zero-order valence-corrected chi connectivity index (χ0v) is 14.7. The maximum absolute atomic E-state index is 5.81. The second kappa shape index (κ2) is 6.49. The van der Waals surface area contributed by atoms with E-state index in [1.165, 1.54) is 0 Å². The lowest BCUT2D eigenvalue weighted by molar-refractivity contribution is 0.404. The van der Waals surface area contributed by atoms with Gasteiger partial charge < -0.3 is 19.6 Å². The Morgan fingerprint density at radius 3 is 2.67 bits per heavy atom. The van der Waals surface area contributed by atoms with Crippen LogP contribution in [0.4, 0.5) is 0 Å². The zero-order chi connectivity index (χ0) is 17.3. The monoisotopic (exact) mass is 341 g/mol. The molecule has 0 aliphatic heterocycles. The summed E-state index contributed by atoms with van der Waals surface area (Å²) in [5.41, 5.74) is 10.4. The molecule has 3 rings (SSSR count). The van der Waals surface area contributed by atoms with Gasteiger partial charge in [-0.3, -0.25) is 0 Å². The molecule has 124 valence electrons. The molecule has 1 aromatic carbocycles. The van der Waals surface area contributed by atoms with Crippen LogP contribution >= 0.6 is 12.2 Å². The van der Waals surface area contributed by atoms with Crippen molar-refractivity contribution >= 4 is 22.9 Å². The van der Waals surface area contributed by atoms with Crippen LogP contribution in [-0.4, -0.2) is 28.6 Å². The summed E-state index contributed by atoms with van der Waals surface area (Å²) in [6, 6.07) is 9.70. The van der Waals surface area contributed by atoms with Gasteiger partial charge in [-0.15, -0.1) is 0 Å². The molecule has 2 aromatic heterocycles. The molecule has 2 heterocycles. The number of aryl methyl sites for hydroxylation is 1. The van der Waals surface area contributed by atoms with Crippen LogP contribution in [0.25, 0.3) is 16.9 Å². The van der Waals surface area contributed by atoms with Crippen LogP contribution in [0, 0.1) is 6.92 Å². The summed E-state index contributed by atoms with van der Waals surface area (Å²) in [5, 5.41) is 0. The van der Waals surface area contributed by atoms with Crippen LogP contribution in [0.1, 0.15) is 11.3 Å². The van der Waals surface area contributed by atoms with Crippen molar-refractivity contribution in [3.05, 3.63) is 47.8 Å². The number of ether oxygens (including phenoxy) is 2. The summed E-state index contributed by atoms with van der Waals surface area (Å²) in [6.45, 7) is 2.04. The number of rotatable bonds is 5. The molecule has 0 fully saturated rings. The van der Waals surface area contributed by atoms with Gasteiger partial charge in [-0.05, 0) is 42.8 Å². The molecule has 2 N–H and O–H groups in total. The van der Waals surface area contributed by atoms with E-state index in [2.05, 4.69) is 0 Å². The predicted octanol–water partition coefficient (Wildman–Crippen LogP) is 3.16. The van der Waals surface area contributed by atoms with E-state index in [0.29, 0.717) is 11.4 Å². The molecule has 24 heavy (non-hydrogen) atoms. The van der Waals surface area contributed by atoms with Gasteiger partial charge in [0.25, 0.3) is 0 Å². The Bertz CT molecular complexity index is 918. The first-order valence-corrected chi connectivity index (χ1v) is 7.92. The van der Waals surface area contributed by atoms with Crippen LogP contribution in [-0.2, 0) is 6.42 Å². The maximum atomic E-state index is 5.81. The predicted molar refractivity (Wildman–Crippen MR) is 99.0 cm³/mol. The van der Waals surface area contributed by atoms with E-state index in [1.807, 2.05) is 47.9 Å². The van der Waals surface area contributed by atoms with Gasteiger partial charge in [0.2, 0.25) is 0 Å². The van der Waals surface area contributed by atoms with Crippen molar-refractivity contribution < 1.29 is 9.47 Å². The van der Waals surface area contributed by atoms with Gasteiger partial charge in [0, 0.05) is 18.2 Å². The fourth-order valence-corrected chi connectivity index (χ4v) is 2.88. The highest BCUT2D eigenvalue weighted by Crippen LogP contribution is 2.35. The second-order valence-electron chi connectivity index (χ2n) is 5.55. The lowest BCUT2D eigenvalue weighted by Gasteiger charge is -2.10. The lowest BCUT2D eigenvalue weighted by Crippen LogP contribution is -2.13. The van der Waals surface area contributed by atoms with Crippen molar-refractivity contribution in [2.75, 3.05) is 14.2 Å². The van der Waals surface area contributed by atoms with E-state index in [-0.39, 0.29) is 0 Å². The van der Waals surface area contributed by atoms with E-state index < -0.39 is 0 Å². The molecular formula is C18H19N3O2S. The van der Waals surface area contributed by atoms with Crippen LogP contribution in [0.5, 0.6) is 11.5 Å². The normalized spacial score (nSPS) is 10.8. The molecule has 0 saturated heterocycles. The smallest absolute Gasteiger partial charge is 0.137 e. The number of nitrogens with two attached hydrogens (primary N) is 1. The van der Waals surface area contributed by atoms with E-state index in [4.69, 9.17) is 32.4 Å². The first kappa shape index (κ1) is 16.3. The highest BCUT2D eigenvalue weighted by molar-refractivity contribution is 7.80. The number of fused-ring (bicyclic) bond motifs is 1. The Labute approximate surface area is 146 Å². The molecule has 0 aliphatic rings. The van der Waals surface area contributed by atoms with Gasteiger partial charge >= 0.3 is 0 Å². The molecule has 0 atom stereocenters. The van der Waals surface area contributed by atoms with Gasteiger partial charge in [0.1, 0.15) is 17.1 Å². The lowest BCUT2D eigenvalue weighted by atomic mass is 10.1. The van der Waals surface area contributed by atoms with E-state index in [9.17, 15) is 0 Å². The summed E-state index contributed by atoms with van der Waals surface area (Å²) in [5.74, 6) is 1.46. The van der Waals surface area contributed by atoms with E-state index >= 15 is 0 Å². The number of hydrogen-bond donors (Lipinski definition) is 1. The number of pyridine rings is 1. The largest absolute Gasteiger partial charge is 0.497 e. The van der Waals surface area contributed by atoms with E-state index in [0.717, 1.165) is 39.7 Å². The number of thiocarbonyl (C=S) groups is 1. The van der Waals surface area contributed by atoms with Gasteiger partial charge in [-0.1, -0.05) is 12.2 Å². The number of aromatic nitrogens is 2. The molecule has 0 amide bonds. The topological polar surface area (TPSA) is 61.8 Å². The van der Waals surface area contributed by atoms with Crippen molar-refractivity contribution in [2.45, 2.75) is 13.3 Å². The van der Waals surface area contributed by atoms with Gasteiger partial charge in [-0.25, -0.2) is 4.98 Å². The molecule has 0 bridgehead atoms. The molecule has 0 spiro atoms. The highest BCUT2D eigenvalue weighted by atomic mass is 32.1. The Morgan fingerprint density at radius 2 is 2.00 bits per heavy atom. The molecule has 3 aromatic rings. The first-order valence-electron chi connectivity index (χ1n) is 7.51. The Balaban J connectivity index is 2.30. The van der Waals surface area contributed by atoms with Crippen molar-refractivity contribution in [1.29, 1.82) is 0 Å². The Kier molecular flexibility index (Phi) is 4.40. The third-order valence-electron chi connectivity index (χ3n) is 3.88.